The average molecular weight is 363 g/mol. The Morgan fingerprint density at radius 2 is 1.69 bits per heavy atom. The summed E-state index contributed by atoms with van der Waals surface area (Å²) >= 11 is 0. The monoisotopic (exact) mass is 362 g/mol. The summed E-state index contributed by atoms with van der Waals surface area (Å²) < 4.78 is 5.58. The van der Waals surface area contributed by atoms with Crippen molar-refractivity contribution < 1.29 is 14.6 Å². The van der Waals surface area contributed by atoms with E-state index in [9.17, 15) is 9.90 Å². The fourth-order valence-electron chi connectivity index (χ4n) is 8.39. The van der Waals surface area contributed by atoms with Crippen LogP contribution in [0.1, 0.15) is 85.5 Å². The van der Waals surface area contributed by atoms with Gasteiger partial charge in [-0.3, -0.25) is 4.79 Å². The highest BCUT2D eigenvalue weighted by Gasteiger charge is 2.60. The molecule has 3 nitrogen and oxygen atoms in total. The third-order valence-electron chi connectivity index (χ3n) is 9.61. The first-order valence-electron chi connectivity index (χ1n) is 11.1. The van der Waals surface area contributed by atoms with Crippen molar-refractivity contribution in [2.45, 2.75) is 97.7 Å². The van der Waals surface area contributed by atoms with Gasteiger partial charge >= 0.3 is 5.97 Å². The molecule has 4 fully saturated rings. The van der Waals surface area contributed by atoms with Crippen LogP contribution in [0.15, 0.2) is 0 Å². The zero-order valence-corrected chi connectivity index (χ0v) is 17.2. The van der Waals surface area contributed by atoms with Gasteiger partial charge in [0.2, 0.25) is 0 Å². The van der Waals surface area contributed by atoms with Crippen molar-refractivity contribution in [2.75, 3.05) is 0 Å². The molecule has 0 aliphatic heterocycles. The number of carbonyl (C=O) groups is 1. The maximum absolute atomic E-state index is 11.4. The van der Waals surface area contributed by atoms with Crippen LogP contribution in [0.3, 0.4) is 0 Å². The van der Waals surface area contributed by atoms with Crippen LogP contribution >= 0.6 is 0 Å². The maximum Gasteiger partial charge on any atom is 0.302 e. The molecule has 0 spiro atoms. The number of carbonyl (C=O) groups excluding carboxylic acids is 1. The molecule has 0 aromatic carbocycles. The van der Waals surface area contributed by atoms with E-state index in [0.29, 0.717) is 16.7 Å². The predicted molar refractivity (Wildman–Crippen MR) is 102 cm³/mol. The van der Waals surface area contributed by atoms with Crippen LogP contribution in [0, 0.1) is 40.4 Å². The minimum Gasteiger partial charge on any atom is -0.463 e. The summed E-state index contributed by atoms with van der Waals surface area (Å²) in [6.45, 7) is 8.61. The number of aliphatic hydroxyl groups is 1. The van der Waals surface area contributed by atoms with Gasteiger partial charge in [0.15, 0.2) is 0 Å². The summed E-state index contributed by atoms with van der Waals surface area (Å²) in [7, 11) is 0. The van der Waals surface area contributed by atoms with Gasteiger partial charge in [0.05, 0.1) is 6.10 Å². The number of ether oxygens (including phenoxy) is 1. The molecule has 0 heterocycles. The van der Waals surface area contributed by atoms with Gasteiger partial charge in [-0.05, 0) is 105 Å². The highest BCUT2D eigenvalue weighted by atomic mass is 16.5. The molecule has 1 N–H and O–H groups in total. The van der Waals surface area contributed by atoms with E-state index in [1.54, 1.807) is 6.92 Å². The second-order valence-electron chi connectivity index (χ2n) is 10.6. The summed E-state index contributed by atoms with van der Waals surface area (Å²) in [5.41, 5.74) is 0.789. The van der Waals surface area contributed by atoms with E-state index in [-0.39, 0.29) is 18.2 Å². The summed E-state index contributed by atoms with van der Waals surface area (Å²) in [6, 6.07) is 0. The average Bonchev–Trinajstić information content (AvgIpc) is 2.92. The Labute approximate surface area is 159 Å². The Hall–Kier alpha value is -0.570. The van der Waals surface area contributed by atoms with Gasteiger partial charge in [-0.25, -0.2) is 0 Å². The highest BCUT2D eigenvalue weighted by Crippen LogP contribution is 2.67. The van der Waals surface area contributed by atoms with Gasteiger partial charge in [0, 0.05) is 6.92 Å². The van der Waals surface area contributed by atoms with Crippen molar-refractivity contribution in [3.05, 3.63) is 0 Å². The van der Waals surface area contributed by atoms with Crippen molar-refractivity contribution in [3.63, 3.8) is 0 Å². The zero-order valence-electron chi connectivity index (χ0n) is 17.2. The van der Waals surface area contributed by atoms with Crippen molar-refractivity contribution in [3.8, 4) is 0 Å². The molecule has 0 aromatic rings. The van der Waals surface area contributed by atoms with Crippen LogP contribution in [0.4, 0.5) is 0 Å². The van der Waals surface area contributed by atoms with Crippen LogP contribution in [-0.4, -0.2) is 23.3 Å². The number of fused-ring (bicyclic) bond motifs is 5. The number of aliphatic hydroxyl groups excluding tert-OH is 1. The summed E-state index contributed by atoms with van der Waals surface area (Å²) in [5.74, 6) is 3.61. The lowest BCUT2D eigenvalue weighted by atomic mass is 9.44. The lowest BCUT2D eigenvalue weighted by Crippen LogP contribution is -2.54. The van der Waals surface area contributed by atoms with E-state index in [1.165, 1.54) is 44.9 Å². The largest absolute Gasteiger partial charge is 0.463 e. The zero-order chi connectivity index (χ0) is 18.7. The van der Waals surface area contributed by atoms with E-state index < -0.39 is 0 Å². The fraction of sp³-hybridized carbons (Fsp3) is 0.957. The van der Waals surface area contributed by atoms with Gasteiger partial charge in [-0.1, -0.05) is 13.8 Å². The van der Waals surface area contributed by atoms with Gasteiger partial charge in [0.1, 0.15) is 6.10 Å². The molecular formula is C23H38O3. The molecule has 0 unspecified atom stereocenters. The second-order valence-corrected chi connectivity index (χ2v) is 10.6. The summed E-state index contributed by atoms with van der Waals surface area (Å²) in [6.07, 6.45) is 11.2. The van der Waals surface area contributed by atoms with Crippen LogP contribution in [0.2, 0.25) is 0 Å². The van der Waals surface area contributed by atoms with E-state index in [1.807, 2.05) is 6.92 Å². The fourth-order valence-corrected chi connectivity index (χ4v) is 8.39. The number of hydrogen-bond acceptors (Lipinski definition) is 3. The first-order chi connectivity index (χ1) is 12.3. The van der Waals surface area contributed by atoms with Gasteiger partial charge in [-0.2, -0.15) is 0 Å². The van der Waals surface area contributed by atoms with Gasteiger partial charge in [-0.15, -0.1) is 0 Å². The summed E-state index contributed by atoms with van der Waals surface area (Å²) in [5, 5.41) is 10.4. The number of esters is 1. The quantitative estimate of drug-likeness (QED) is 0.706. The number of hydrogen-bond donors (Lipinski definition) is 1. The standard InChI is InChI=1S/C23H38O3/c1-14(24)19-7-8-20-18-6-5-16-13-17(26-15(2)25)9-11-22(16,3)21(18)10-12-23(19,20)4/h14,16-21,24H,5-13H2,1-4H3/t14-,16+,17-,18+,19-,20+,21+,22+,23-/m1/s1. The van der Waals surface area contributed by atoms with Gasteiger partial charge < -0.3 is 9.84 Å². The Kier molecular flexibility index (Phi) is 4.69. The SMILES string of the molecule is CC(=O)O[C@@H]1CC[C@@]2(C)[C@@H](CC[C@@H]3[C@@H]2CC[C@]2(C)[C@@H]([C@@H](C)O)CC[C@@H]32)C1. The molecule has 3 heteroatoms. The Bertz CT molecular complexity index is 558. The van der Waals surface area contributed by atoms with E-state index >= 15 is 0 Å². The second kappa shape index (κ2) is 6.50. The smallest absolute Gasteiger partial charge is 0.302 e. The lowest BCUT2D eigenvalue weighted by molar-refractivity contribution is -0.161. The van der Waals surface area contributed by atoms with E-state index in [0.717, 1.165) is 36.5 Å². The normalized spacial score (nSPS) is 51.7. The van der Waals surface area contributed by atoms with Crippen molar-refractivity contribution in [1.82, 2.24) is 0 Å². The molecule has 0 aromatic heterocycles. The van der Waals surface area contributed by atoms with Crippen LogP contribution in [-0.2, 0) is 9.53 Å². The number of rotatable bonds is 2. The first kappa shape index (κ1) is 18.8. The molecule has 0 bridgehead atoms. The molecule has 4 aliphatic carbocycles. The van der Waals surface area contributed by atoms with Crippen molar-refractivity contribution in [2.24, 2.45) is 40.4 Å². The molecule has 0 amide bonds. The summed E-state index contributed by atoms with van der Waals surface area (Å²) in [4.78, 5) is 11.4. The maximum atomic E-state index is 11.4. The van der Waals surface area contributed by atoms with Crippen LogP contribution in [0.25, 0.3) is 0 Å². The molecule has 4 aliphatic rings. The topological polar surface area (TPSA) is 46.5 Å². The highest BCUT2D eigenvalue weighted by molar-refractivity contribution is 5.66. The lowest BCUT2D eigenvalue weighted by Gasteiger charge is -2.61. The van der Waals surface area contributed by atoms with Gasteiger partial charge in [0.25, 0.3) is 0 Å². The Morgan fingerprint density at radius 1 is 1.00 bits per heavy atom. The van der Waals surface area contributed by atoms with E-state index in [2.05, 4.69) is 13.8 Å². The third kappa shape index (κ3) is 2.75. The first-order valence-corrected chi connectivity index (χ1v) is 11.1. The Morgan fingerprint density at radius 3 is 2.38 bits per heavy atom. The molecule has 148 valence electrons. The molecule has 0 saturated heterocycles. The molecule has 26 heavy (non-hydrogen) atoms. The van der Waals surface area contributed by atoms with Crippen LogP contribution < -0.4 is 0 Å². The molecule has 9 atom stereocenters. The van der Waals surface area contributed by atoms with Crippen molar-refractivity contribution in [1.29, 1.82) is 0 Å². The Balaban J connectivity index is 1.53. The molecule has 4 saturated carbocycles. The minimum absolute atomic E-state index is 0.115. The predicted octanol–water partition coefficient (Wildman–Crippen LogP) is 4.96. The van der Waals surface area contributed by atoms with Crippen molar-refractivity contribution >= 4 is 5.97 Å². The van der Waals surface area contributed by atoms with E-state index in [4.69, 9.17) is 4.74 Å². The van der Waals surface area contributed by atoms with Crippen LogP contribution in [0.5, 0.6) is 0 Å². The molecule has 0 radical (unpaired) electrons. The minimum atomic E-state index is -0.160. The molecular weight excluding hydrogens is 324 g/mol. The molecule has 4 rings (SSSR count). The third-order valence-corrected chi connectivity index (χ3v) is 9.61.